The first-order valence-corrected chi connectivity index (χ1v) is 10.4. The zero-order chi connectivity index (χ0) is 20.7. The third-order valence-electron chi connectivity index (χ3n) is 4.08. The van der Waals surface area contributed by atoms with E-state index in [2.05, 4.69) is 0 Å². The van der Waals surface area contributed by atoms with Crippen LogP contribution in [0.3, 0.4) is 0 Å². The van der Waals surface area contributed by atoms with Crippen molar-refractivity contribution < 1.29 is 18.3 Å². The molecule has 2 rings (SSSR count). The van der Waals surface area contributed by atoms with Crippen molar-refractivity contribution in [3.8, 4) is 0 Å². The van der Waals surface area contributed by atoms with E-state index in [4.69, 9.17) is 0 Å². The van der Waals surface area contributed by atoms with Gasteiger partial charge in [-0.25, -0.2) is 12.7 Å². The Hall–Kier alpha value is -3.01. The minimum Gasteiger partial charge on any atom is -0.258 e. The maximum Gasteiger partial charge on any atom is 0.271 e. The molecule has 2 aromatic rings. The highest BCUT2D eigenvalue weighted by Crippen LogP contribution is 2.33. The Morgan fingerprint density at radius 2 is 1.36 bits per heavy atom. The SMILES string of the molecule is CCCCCCS(=O)(=O)N(c1cccc([N+](=O)[O-])c1)c1cccc([N+](=O)[O-])c1. The van der Waals surface area contributed by atoms with Gasteiger partial charge in [-0.2, -0.15) is 0 Å². The molecule has 9 nitrogen and oxygen atoms in total. The average Bonchev–Trinajstić information content (AvgIpc) is 2.65. The predicted molar refractivity (Wildman–Crippen MR) is 106 cm³/mol. The van der Waals surface area contributed by atoms with Gasteiger partial charge >= 0.3 is 0 Å². The van der Waals surface area contributed by atoms with Crippen LogP contribution < -0.4 is 4.31 Å². The molecule has 0 spiro atoms. The van der Waals surface area contributed by atoms with E-state index in [0.717, 1.165) is 35.7 Å². The Bertz CT molecular complexity index is 904. The van der Waals surface area contributed by atoms with Crippen molar-refractivity contribution in [2.24, 2.45) is 0 Å². The molecule has 0 bridgehead atoms. The second kappa shape index (κ2) is 9.27. The third kappa shape index (κ3) is 5.26. The van der Waals surface area contributed by atoms with Crippen LogP contribution in [0.1, 0.15) is 32.6 Å². The molecule has 0 radical (unpaired) electrons. The molecule has 0 fully saturated rings. The van der Waals surface area contributed by atoms with E-state index in [1.807, 2.05) is 6.92 Å². The van der Waals surface area contributed by atoms with Crippen molar-refractivity contribution in [2.75, 3.05) is 10.1 Å². The van der Waals surface area contributed by atoms with E-state index in [0.29, 0.717) is 6.42 Å². The first-order valence-electron chi connectivity index (χ1n) is 8.78. The van der Waals surface area contributed by atoms with Crippen LogP contribution in [-0.2, 0) is 10.0 Å². The molecular weight excluding hydrogens is 386 g/mol. The molecule has 0 saturated heterocycles. The van der Waals surface area contributed by atoms with Gasteiger partial charge in [-0.1, -0.05) is 38.3 Å². The summed E-state index contributed by atoms with van der Waals surface area (Å²) in [5.74, 6) is -0.168. The van der Waals surface area contributed by atoms with Crippen LogP contribution in [0.5, 0.6) is 0 Å². The van der Waals surface area contributed by atoms with E-state index in [9.17, 15) is 28.6 Å². The molecule has 0 heterocycles. The smallest absolute Gasteiger partial charge is 0.258 e. The van der Waals surface area contributed by atoms with Crippen molar-refractivity contribution in [3.63, 3.8) is 0 Å². The van der Waals surface area contributed by atoms with E-state index < -0.39 is 19.9 Å². The molecule has 0 aliphatic carbocycles. The van der Waals surface area contributed by atoms with E-state index in [-0.39, 0.29) is 28.5 Å². The summed E-state index contributed by atoms with van der Waals surface area (Å²) in [4.78, 5) is 21.0. The first kappa shape index (κ1) is 21.3. The van der Waals surface area contributed by atoms with Crippen LogP contribution >= 0.6 is 0 Å². The fourth-order valence-corrected chi connectivity index (χ4v) is 4.36. The van der Waals surface area contributed by atoms with Crippen LogP contribution in [0.4, 0.5) is 22.7 Å². The molecule has 28 heavy (non-hydrogen) atoms. The second-order valence-electron chi connectivity index (χ2n) is 6.19. The predicted octanol–water partition coefficient (Wildman–Crippen LogP) is 4.55. The molecule has 0 amide bonds. The minimum absolute atomic E-state index is 0.0604. The number of nitro groups is 2. The highest BCUT2D eigenvalue weighted by atomic mass is 32.2. The molecule has 0 aliphatic rings. The molecule has 0 saturated carbocycles. The molecular formula is C18H21N3O6S. The maximum atomic E-state index is 13.0. The second-order valence-corrected chi connectivity index (χ2v) is 8.13. The largest absolute Gasteiger partial charge is 0.271 e. The number of nitrogens with zero attached hydrogens (tertiary/aromatic N) is 3. The third-order valence-corrected chi connectivity index (χ3v) is 5.87. The van der Waals surface area contributed by atoms with Crippen LogP contribution in [0, 0.1) is 20.2 Å². The van der Waals surface area contributed by atoms with Gasteiger partial charge in [-0.15, -0.1) is 0 Å². The standard InChI is InChI=1S/C18H21N3O6S/c1-2-3-4-5-12-28(26,27)19(15-8-6-10-17(13-15)20(22)23)16-9-7-11-18(14-16)21(24)25/h6-11,13-14H,2-5,12H2,1H3. The monoisotopic (exact) mass is 407 g/mol. The van der Waals surface area contributed by atoms with Crippen molar-refractivity contribution in [1.29, 1.82) is 0 Å². The lowest BCUT2D eigenvalue weighted by atomic mass is 10.2. The fourth-order valence-electron chi connectivity index (χ4n) is 2.74. The number of unbranched alkanes of at least 4 members (excludes halogenated alkanes) is 3. The normalized spacial score (nSPS) is 11.2. The summed E-state index contributed by atoms with van der Waals surface area (Å²) in [6, 6.07) is 10.4. The van der Waals surface area contributed by atoms with Crippen LogP contribution in [0.15, 0.2) is 48.5 Å². The van der Waals surface area contributed by atoms with Gasteiger partial charge in [-0.3, -0.25) is 20.2 Å². The Morgan fingerprint density at radius 3 is 1.79 bits per heavy atom. The fraction of sp³-hybridized carbons (Fsp3) is 0.333. The van der Waals surface area contributed by atoms with Gasteiger partial charge in [0.05, 0.1) is 27.0 Å². The van der Waals surface area contributed by atoms with Gasteiger partial charge in [0.25, 0.3) is 11.4 Å². The van der Waals surface area contributed by atoms with Gasteiger partial charge in [0, 0.05) is 24.3 Å². The topological polar surface area (TPSA) is 124 Å². The summed E-state index contributed by atoms with van der Waals surface area (Å²) in [5, 5.41) is 22.2. The van der Waals surface area contributed by atoms with E-state index in [1.54, 1.807) is 0 Å². The zero-order valence-electron chi connectivity index (χ0n) is 15.4. The molecule has 150 valence electrons. The molecule has 0 unspecified atom stereocenters. The minimum atomic E-state index is -3.91. The average molecular weight is 407 g/mol. The number of anilines is 2. The number of hydrogen-bond donors (Lipinski definition) is 0. The lowest BCUT2D eigenvalue weighted by molar-refractivity contribution is -0.384. The molecule has 0 aromatic heterocycles. The Kier molecular flexibility index (Phi) is 7.05. The first-order chi connectivity index (χ1) is 13.3. The van der Waals surface area contributed by atoms with Gasteiger partial charge in [0.1, 0.15) is 0 Å². The van der Waals surface area contributed by atoms with Gasteiger partial charge in [-0.05, 0) is 18.6 Å². The quantitative estimate of drug-likeness (QED) is 0.323. The molecule has 0 aliphatic heterocycles. The van der Waals surface area contributed by atoms with Gasteiger partial charge < -0.3 is 0 Å². The van der Waals surface area contributed by atoms with Crippen LogP contribution in [0.25, 0.3) is 0 Å². The Balaban J connectivity index is 2.52. The number of hydrogen-bond acceptors (Lipinski definition) is 6. The summed E-state index contributed by atoms with van der Waals surface area (Å²) < 4.78 is 27.0. The number of benzene rings is 2. The summed E-state index contributed by atoms with van der Waals surface area (Å²) in [6.45, 7) is 2.01. The highest BCUT2D eigenvalue weighted by molar-refractivity contribution is 7.93. The molecule has 10 heteroatoms. The molecule has 2 aromatic carbocycles. The number of rotatable bonds is 10. The van der Waals surface area contributed by atoms with Crippen molar-refractivity contribution in [3.05, 3.63) is 68.8 Å². The summed E-state index contributed by atoms with van der Waals surface area (Å²) in [7, 11) is -3.91. The van der Waals surface area contributed by atoms with Gasteiger partial charge in [0.15, 0.2) is 0 Å². The van der Waals surface area contributed by atoms with E-state index >= 15 is 0 Å². The van der Waals surface area contributed by atoms with Crippen molar-refractivity contribution >= 4 is 32.8 Å². The van der Waals surface area contributed by atoms with E-state index in [1.165, 1.54) is 36.4 Å². The summed E-state index contributed by atoms with van der Waals surface area (Å²) in [6.07, 6.45) is 2.99. The van der Waals surface area contributed by atoms with Crippen LogP contribution in [0.2, 0.25) is 0 Å². The number of non-ortho nitro benzene ring substituents is 2. The van der Waals surface area contributed by atoms with Crippen molar-refractivity contribution in [1.82, 2.24) is 0 Å². The maximum absolute atomic E-state index is 13.0. The van der Waals surface area contributed by atoms with Gasteiger partial charge in [0.2, 0.25) is 10.0 Å². The summed E-state index contributed by atoms with van der Waals surface area (Å²) >= 11 is 0. The molecule has 0 atom stereocenters. The van der Waals surface area contributed by atoms with Crippen LogP contribution in [-0.4, -0.2) is 24.0 Å². The number of nitro benzene ring substituents is 2. The molecule has 0 N–H and O–H groups in total. The Morgan fingerprint density at radius 1 is 0.857 bits per heavy atom. The summed E-state index contributed by atoms with van der Waals surface area (Å²) in [5.41, 5.74) is -0.418. The lowest BCUT2D eigenvalue weighted by Gasteiger charge is -2.24. The lowest BCUT2D eigenvalue weighted by Crippen LogP contribution is -2.28. The zero-order valence-corrected chi connectivity index (χ0v) is 16.2. The Labute approximate surface area is 163 Å². The highest BCUT2D eigenvalue weighted by Gasteiger charge is 2.26. The number of sulfonamides is 1. The van der Waals surface area contributed by atoms with Crippen molar-refractivity contribution in [2.45, 2.75) is 32.6 Å².